The zero-order valence-electron chi connectivity index (χ0n) is 10.5. The van der Waals surface area contributed by atoms with Gasteiger partial charge in [-0.05, 0) is 36.8 Å². The Morgan fingerprint density at radius 1 is 1.16 bits per heavy atom. The van der Waals surface area contributed by atoms with Gasteiger partial charge in [-0.1, -0.05) is 24.3 Å². The number of benzene rings is 2. The Kier molecular flexibility index (Phi) is 2.71. The monoisotopic (exact) mass is 255 g/mol. The Balaban J connectivity index is 2.16. The highest BCUT2D eigenvalue weighted by Crippen LogP contribution is 2.27. The van der Waals surface area contributed by atoms with Gasteiger partial charge in [-0.3, -0.25) is 0 Å². The molecule has 0 aliphatic heterocycles. The van der Waals surface area contributed by atoms with Crippen LogP contribution in [0, 0.1) is 5.82 Å². The minimum Gasteiger partial charge on any atom is -0.369 e. The fourth-order valence-electron chi connectivity index (χ4n) is 2.39. The van der Waals surface area contributed by atoms with Gasteiger partial charge in [0.15, 0.2) is 0 Å². The summed E-state index contributed by atoms with van der Waals surface area (Å²) in [5, 5.41) is 0. The summed E-state index contributed by atoms with van der Waals surface area (Å²) in [5.41, 5.74) is 8.66. The van der Waals surface area contributed by atoms with Crippen molar-refractivity contribution in [3.63, 3.8) is 0 Å². The number of imidazole rings is 1. The molecule has 0 spiro atoms. The molecular formula is C15H14FN3. The van der Waals surface area contributed by atoms with Crippen molar-refractivity contribution in [1.29, 1.82) is 0 Å². The summed E-state index contributed by atoms with van der Waals surface area (Å²) >= 11 is 0. The second-order valence-electron chi connectivity index (χ2n) is 4.56. The number of hydrogen-bond acceptors (Lipinski definition) is 2. The van der Waals surface area contributed by atoms with Gasteiger partial charge >= 0.3 is 0 Å². The summed E-state index contributed by atoms with van der Waals surface area (Å²) in [6.07, 6.45) is 0. The van der Waals surface area contributed by atoms with Crippen LogP contribution in [-0.2, 0) is 0 Å². The van der Waals surface area contributed by atoms with Crippen LogP contribution in [0.3, 0.4) is 0 Å². The van der Waals surface area contributed by atoms with Gasteiger partial charge < -0.3 is 10.3 Å². The van der Waals surface area contributed by atoms with Crippen molar-refractivity contribution in [2.45, 2.75) is 13.0 Å². The number of hydrogen-bond donors (Lipinski definition) is 1. The first kappa shape index (κ1) is 11.7. The molecule has 0 bridgehead atoms. The number of halogens is 1. The van der Waals surface area contributed by atoms with Gasteiger partial charge in [-0.25, -0.2) is 9.37 Å². The maximum atomic E-state index is 13.3. The van der Waals surface area contributed by atoms with E-state index in [0.29, 0.717) is 5.95 Å². The van der Waals surface area contributed by atoms with Gasteiger partial charge in [0.1, 0.15) is 5.82 Å². The summed E-state index contributed by atoms with van der Waals surface area (Å²) in [6, 6.07) is 14.2. The van der Waals surface area contributed by atoms with Crippen LogP contribution in [0.1, 0.15) is 18.5 Å². The first-order valence-corrected chi connectivity index (χ1v) is 6.15. The van der Waals surface area contributed by atoms with E-state index in [1.807, 2.05) is 41.8 Å². The van der Waals surface area contributed by atoms with Crippen LogP contribution in [0.2, 0.25) is 0 Å². The Morgan fingerprint density at radius 3 is 2.74 bits per heavy atom. The zero-order valence-corrected chi connectivity index (χ0v) is 10.5. The van der Waals surface area contributed by atoms with Crippen molar-refractivity contribution in [2.75, 3.05) is 5.73 Å². The molecule has 4 heteroatoms. The van der Waals surface area contributed by atoms with Gasteiger partial charge in [0.2, 0.25) is 5.95 Å². The standard InChI is InChI=1S/C15H14FN3/c1-10(11-5-4-6-12(16)9-11)19-14-8-3-2-7-13(14)18-15(19)17/h2-10H,1H3,(H2,17,18). The molecule has 3 nitrogen and oxygen atoms in total. The van der Waals surface area contributed by atoms with Crippen molar-refractivity contribution in [2.24, 2.45) is 0 Å². The number of nitrogens with zero attached hydrogens (tertiary/aromatic N) is 2. The first-order valence-electron chi connectivity index (χ1n) is 6.15. The normalized spacial score (nSPS) is 12.7. The lowest BCUT2D eigenvalue weighted by Gasteiger charge is -2.16. The number of nitrogen functional groups attached to an aromatic ring is 1. The number of fused-ring (bicyclic) bond motifs is 1. The van der Waals surface area contributed by atoms with E-state index in [1.165, 1.54) is 12.1 Å². The maximum Gasteiger partial charge on any atom is 0.201 e. The van der Waals surface area contributed by atoms with Crippen LogP contribution >= 0.6 is 0 Å². The summed E-state index contributed by atoms with van der Waals surface area (Å²) in [7, 11) is 0. The minimum atomic E-state index is -0.243. The topological polar surface area (TPSA) is 43.8 Å². The van der Waals surface area contributed by atoms with Crippen LogP contribution in [0.15, 0.2) is 48.5 Å². The number of rotatable bonds is 2. The van der Waals surface area contributed by atoms with Gasteiger partial charge in [-0.2, -0.15) is 0 Å². The fraction of sp³-hybridized carbons (Fsp3) is 0.133. The van der Waals surface area contributed by atoms with E-state index in [0.717, 1.165) is 16.6 Å². The molecule has 1 unspecified atom stereocenters. The first-order chi connectivity index (χ1) is 9.16. The Bertz CT molecular complexity index is 733. The number of aromatic nitrogens is 2. The van der Waals surface area contributed by atoms with Crippen molar-refractivity contribution >= 4 is 17.0 Å². The lowest BCUT2D eigenvalue weighted by Crippen LogP contribution is -2.10. The Hall–Kier alpha value is -2.36. The number of anilines is 1. The van der Waals surface area contributed by atoms with Crippen LogP contribution in [0.25, 0.3) is 11.0 Å². The molecule has 1 aromatic heterocycles. The van der Waals surface area contributed by atoms with Crippen LogP contribution in [0.5, 0.6) is 0 Å². The van der Waals surface area contributed by atoms with E-state index in [2.05, 4.69) is 4.98 Å². The summed E-state index contributed by atoms with van der Waals surface area (Å²) in [5.74, 6) is 0.199. The third-order valence-electron chi connectivity index (χ3n) is 3.34. The third kappa shape index (κ3) is 1.95. The Morgan fingerprint density at radius 2 is 1.95 bits per heavy atom. The third-order valence-corrected chi connectivity index (χ3v) is 3.34. The van der Waals surface area contributed by atoms with E-state index < -0.39 is 0 Å². The lowest BCUT2D eigenvalue weighted by molar-refractivity contribution is 0.612. The highest BCUT2D eigenvalue weighted by Gasteiger charge is 2.15. The van der Waals surface area contributed by atoms with Gasteiger partial charge in [0, 0.05) is 0 Å². The van der Waals surface area contributed by atoms with Crippen molar-refractivity contribution in [1.82, 2.24) is 9.55 Å². The summed E-state index contributed by atoms with van der Waals surface area (Å²) in [6.45, 7) is 1.99. The summed E-state index contributed by atoms with van der Waals surface area (Å²) < 4.78 is 15.2. The highest BCUT2D eigenvalue weighted by atomic mass is 19.1. The molecule has 2 N–H and O–H groups in total. The van der Waals surface area contributed by atoms with Gasteiger partial charge in [0.05, 0.1) is 17.1 Å². The smallest absolute Gasteiger partial charge is 0.201 e. The quantitative estimate of drug-likeness (QED) is 0.763. The largest absolute Gasteiger partial charge is 0.369 e. The lowest BCUT2D eigenvalue weighted by atomic mass is 10.1. The molecule has 19 heavy (non-hydrogen) atoms. The van der Waals surface area contributed by atoms with E-state index in [4.69, 9.17) is 5.73 Å². The van der Waals surface area contributed by atoms with Gasteiger partial charge in [-0.15, -0.1) is 0 Å². The fourth-order valence-corrected chi connectivity index (χ4v) is 2.39. The molecule has 0 saturated heterocycles. The molecule has 0 saturated carbocycles. The van der Waals surface area contributed by atoms with Crippen LogP contribution in [0.4, 0.5) is 10.3 Å². The molecule has 2 aromatic carbocycles. The maximum absolute atomic E-state index is 13.3. The molecule has 0 aliphatic carbocycles. The summed E-state index contributed by atoms with van der Waals surface area (Å²) in [4.78, 5) is 4.33. The molecule has 1 heterocycles. The predicted molar refractivity (Wildman–Crippen MR) is 74.4 cm³/mol. The van der Waals surface area contributed by atoms with E-state index in [9.17, 15) is 4.39 Å². The molecule has 0 fully saturated rings. The average Bonchev–Trinajstić information content (AvgIpc) is 2.74. The number of para-hydroxylation sites is 2. The average molecular weight is 255 g/mol. The van der Waals surface area contributed by atoms with E-state index in [-0.39, 0.29) is 11.9 Å². The van der Waals surface area contributed by atoms with Crippen molar-refractivity contribution in [3.8, 4) is 0 Å². The second-order valence-corrected chi connectivity index (χ2v) is 4.56. The number of nitrogens with two attached hydrogens (primary N) is 1. The van der Waals surface area contributed by atoms with E-state index in [1.54, 1.807) is 6.07 Å². The van der Waals surface area contributed by atoms with Crippen LogP contribution in [-0.4, -0.2) is 9.55 Å². The minimum absolute atomic E-state index is 0.0666. The van der Waals surface area contributed by atoms with Crippen molar-refractivity contribution in [3.05, 3.63) is 59.9 Å². The van der Waals surface area contributed by atoms with E-state index >= 15 is 0 Å². The SMILES string of the molecule is CC(c1cccc(F)c1)n1c(N)nc2ccccc21. The molecule has 0 aliphatic rings. The highest BCUT2D eigenvalue weighted by molar-refractivity contribution is 5.78. The zero-order chi connectivity index (χ0) is 13.4. The molecule has 1 atom stereocenters. The van der Waals surface area contributed by atoms with Gasteiger partial charge in [0.25, 0.3) is 0 Å². The van der Waals surface area contributed by atoms with Crippen molar-refractivity contribution < 1.29 is 4.39 Å². The molecule has 0 radical (unpaired) electrons. The molecule has 3 rings (SSSR count). The molecule has 0 amide bonds. The molecule has 96 valence electrons. The Labute approximate surface area is 110 Å². The second kappa shape index (κ2) is 4.39. The van der Waals surface area contributed by atoms with Crippen LogP contribution < -0.4 is 5.73 Å². The molecular weight excluding hydrogens is 241 g/mol. The molecule has 3 aromatic rings. The predicted octanol–water partition coefficient (Wildman–Crippen LogP) is 3.37.